The van der Waals surface area contributed by atoms with Crippen LogP contribution in [0, 0.1) is 28.6 Å². The summed E-state index contributed by atoms with van der Waals surface area (Å²) in [6.45, 7) is 6.19. The monoisotopic (exact) mass is 448 g/mol. The quantitative estimate of drug-likeness (QED) is 0.642. The van der Waals surface area contributed by atoms with Gasteiger partial charge in [0.1, 0.15) is 6.61 Å². The number of Topliss-reactive ketones (excluding diaryl/α,β-unsaturated/α-hetero) is 1. The fourth-order valence-electron chi connectivity index (χ4n) is 7.77. The van der Waals surface area contributed by atoms with Crippen LogP contribution in [-0.2, 0) is 19.1 Å². The lowest BCUT2D eigenvalue weighted by molar-refractivity contribution is -0.228. The van der Waals surface area contributed by atoms with Crippen LogP contribution in [-0.4, -0.2) is 51.7 Å². The molecule has 0 saturated heterocycles. The Morgan fingerprint density at radius 3 is 2.59 bits per heavy atom. The zero-order valence-electron chi connectivity index (χ0n) is 19.2. The third-order valence-corrected chi connectivity index (χ3v) is 9.30. The van der Waals surface area contributed by atoms with Crippen LogP contribution in [0.15, 0.2) is 23.8 Å². The molecule has 4 aliphatic carbocycles. The lowest BCUT2D eigenvalue weighted by Gasteiger charge is -2.62. The van der Waals surface area contributed by atoms with Crippen LogP contribution in [0.4, 0.5) is 4.39 Å². The summed E-state index contributed by atoms with van der Waals surface area (Å²) in [6, 6.07) is 0. The van der Waals surface area contributed by atoms with Gasteiger partial charge in [0.25, 0.3) is 0 Å². The summed E-state index contributed by atoms with van der Waals surface area (Å²) < 4.78 is 23.0. The zero-order valence-corrected chi connectivity index (χ0v) is 19.2. The second-order valence-corrected chi connectivity index (χ2v) is 10.5. The Bertz CT molecular complexity index is 925. The third-order valence-electron chi connectivity index (χ3n) is 9.30. The van der Waals surface area contributed by atoms with Gasteiger partial charge in [-0.3, -0.25) is 14.4 Å². The van der Waals surface area contributed by atoms with Crippen molar-refractivity contribution in [3.05, 3.63) is 23.8 Å². The average molecular weight is 449 g/mol. The number of alkyl halides is 1. The Morgan fingerprint density at radius 2 is 1.97 bits per heavy atom. The standard InChI is InChI=1S/C25H33FO6/c1-5-21(31)32-25(20(30)13-27)14(2)10-18-17-7-6-15-11-16(28)8-9-22(15,3)24(17,26)19(29)12-23(18,25)4/h8-9,11,14,17-19,27,29H,5-7,10,12-13H2,1-4H3/t14-,17+,18+,19+,22+,23+,24+,25+/m1/s1. The number of halogens is 1. The molecular weight excluding hydrogens is 415 g/mol. The molecule has 0 aromatic heterocycles. The molecule has 3 fully saturated rings. The second-order valence-electron chi connectivity index (χ2n) is 10.5. The Kier molecular flexibility index (Phi) is 5.33. The summed E-state index contributed by atoms with van der Waals surface area (Å²) in [5.74, 6) is -2.69. The van der Waals surface area contributed by atoms with Gasteiger partial charge in [0.15, 0.2) is 17.1 Å². The molecule has 176 valence electrons. The van der Waals surface area contributed by atoms with Gasteiger partial charge in [-0.05, 0) is 50.7 Å². The van der Waals surface area contributed by atoms with Crippen molar-refractivity contribution >= 4 is 17.5 Å². The molecule has 0 aromatic rings. The molecule has 0 bridgehead atoms. The topological polar surface area (TPSA) is 101 Å². The summed E-state index contributed by atoms with van der Waals surface area (Å²) in [5.41, 5.74) is -5.10. The second kappa shape index (κ2) is 7.32. The van der Waals surface area contributed by atoms with E-state index in [1.54, 1.807) is 33.8 Å². The maximum atomic E-state index is 17.2. The van der Waals surface area contributed by atoms with Crippen LogP contribution >= 0.6 is 0 Å². The van der Waals surface area contributed by atoms with Crippen molar-refractivity contribution in [1.82, 2.24) is 0 Å². The van der Waals surface area contributed by atoms with Crippen LogP contribution in [0.2, 0.25) is 0 Å². The van der Waals surface area contributed by atoms with Crippen molar-refractivity contribution in [2.24, 2.45) is 28.6 Å². The van der Waals surface area contributed by atoms with E-state index < -0.39 is 58.4 Å². The number of esters is 1. The van der Waals surface area contributed by atoms with E-state index in [4.69, 9.17) is 4.74 Å². The molecule has 0 amide bonds. The highest BCUT2D eigenvalue weighted by Crippen LogP contribution is 2.71. The largest absolute Gasteiger partial charge is 0.450 e. The fourth-order valence-corrected chi connectivity index (χ4v) is 7.77. The molecule has 4 aliphatic rings. The molecule has 0 aliphatic heterocycles. The molecule has 3 saturated carbocycles. The Labute approximate surface area is 187 Å². The molecule has 32 heavy (non-hydrogen) atoms. The number of carbonyl (C=O) groups is 3. The van der Waals surface area contributed by atoms with Crippen LogP contribution in [0.1, 0.15) is 59.8 Å². The van der Waals surface area contributed by atoms with Crippen molar-refractivity contribution in [3.8, 4) is 0 Å². The smallest absolute Gasteiger partial charge is 0.306 e. The number of hydrogen-bond acceptors (Lipinski definition) is 6. The highest BCUT2D eigenvalue weighted by atomic mass is 19.1. The van der Waals surface area contributed by atoms with Gasteiger partial charge in [-0.1, -0.05) is 32.4 Å². The van der Waals surface area contributed by atoms with E-state index in [1.165, 1.54) is 12.2 Å². The molecule has 0 heterocycles. The predicted octanol–water partition coefficient (Wildman–Crippen LogP) is 2.86. The van der Waals surface area contributed by atoms with E-state index in [0.29, 0.717) is 24.8 Å². The average Bonchev–Trinajstić information content (AvgIpc) is 2.96. The van der Waals surface area contributed by atoms with Gasteiger partial charge in [-0.25, -0.2) is 4.39 Å². The molecule has 0 spiro atoms. The van der Waals surface area contributed by atoms with Crippen molar-refractivity contribution in [2.45, 2.75) is 77.2 Å². The molecule has 0 unspecified atom stereocenters. The predicted molar refractivity (Wildman–Crippen MR) is 114 cm³/mol. The van der Waals surface area contributed by atoms with Crippen LogP contribution in [0.25, 0.3) is 0 Å². The van der Waals surface area contributed by atoms with Crippen molar-refractivity contribution in [1.29, 1.82) is 0 Å². The lowest BCUT2D eigenvalue weighted by atomic mass is 9.44. The zero-order chi connectivity index (χ0) is 23.7. The first-order valence-corrected chi connectivity index (χ1v) is 11.6. The number of allylic oxidation sites excluding steroid dienone is 4. The third kappa shape index (κ3) is 2.61. The summed E-state index contributed by atoms with van der Waals surface area (Å²) in [6.07, 6.45) is 4.38. The van der Waals surface area contributed by atoms with Crippen molar-refractivity contribution in [2.75, 3.05) is 6.61 Å². The number of ether oxygens (including phenoxy) is 1. The Balaban J connectivity index is 1.85. The highest BCUT2D eigenvalue weighted by Gasteiger charge is 2.77. The molecule has 4 rings (SSSR count). The Hall–Kier alpha value is -1.86. The highest BCUT2D eigenvalue weighted by molar-refractivity contribution is 6.01. The summed E-state index contributed by atoms with van der Waals surface area (Å²) in [7, 11) is 0. The first-order valence-electron chi connectivity index (χ1n) is 11.6. The molecule has 8 atom stereocenters. The van der Waals surface area contributed by atoms with E-state index in [9.17, 15) is 24.6 Å². The van der Waals surface area contributed by atoms with Gasteiger partial charge in [-0.2, -0.15) is 0 Å². The summed E-state index contributed by atoms with van der Waals surface area (Å²) >= 11 is 0. The van der Waals surface area contributed by atoms with E-state index in [2.05, 4.69) is 0 Å². The maximum absolute atomic E-state index is 17.2. The number of carbonyl (C=O) groups excluding carboxylic acids is 3. The first kappa shape index (κ1) is 23.3. The number of rotatable bonds is 4. The van der Waals surface area contributed by atoms with Gasteiger partial charge < -0.3 is 14.9 Å². The SMILES string of the molecule is CCC(=O)O[C@]1(C(=O)CO)[C@H](C)C[C@H]2[C@@H]3CCC4=CC(=O)C=C[C@]4(C)[C@@]3(F)[C@@H](O)C[C@@]21C. The summed E-state index contributed by atoms with van der Waals surface area (Å²) in [4.78, 5) is 37.5. The first-order chi connectivity index (χ1) is 14.9. The van der Waals surface area contributed by atoms with E-state index in [0.717, 1.165) is 0 Å². The number of fused-ring (bicyclic) bond motifs is 5. The van der Waals surface area contributed by atoms with E-state index in [-0.39, 0.29) is 24.5 Å². The van der Waals surface area contributed by atoms with Crippen molar-refractivity contribution in [3.63, 3.8) is 0 Å². The molecule has 6 nitrogen and oxygen atoms in total. The molecule has 0 aromatic carbocycles. The minimum absolute atomic E-state index is 0.0675. The number of hydrogen-bond donors (Lipinski definition) is 2. The van der Waals surface area contributed by atoms with Gasteiger partial charge in [0, 0.05) is 29.1 Å². The number of aliphatic hydroxyl groups excluding tert-OH is 2. The van der Waals surface area contributed by atoms with E-state index >= 15 is 4.39 Å². The van der Waals surface area contributed by atoms with Crippen LogP contribution < -0.4 is 0 Å². The molecule has 0 radical (unpaired) electrons. The van der Waals surface area contributed by atoms with Crippen LogP contribution in [0.5, 0.6) is 0 Å². The summed E-state index contributed by atoms with van der Waals surface area (Å²) in [5, 5.41) is 21.2. The maximum Gasteiger partial charge on any atom is 0.306 e. The van der Waals surface area contributed by atoms with Gasteiger partial charge in [-0.15, -0.1) is 0 Å². The number of aliphatic hydroxyl groups is 2. The van der Waals surface area contributed by atoms with Gasteiger partial charge in [0.2, 0.25) is 5.78 Å². The van der Waals surface area contributed by atoms with E-state index in [1.807, 2.05) is 0 Å². The Morgan fingerprint density at radius 1 is 1.28 bits per heavy atom. The van der Waals surface area contributed by atoms with Crippen molar-refractivity contribution < 1.29 is 33.7 Å². The molecule has 7 heteroatoms. The minimum atomic E-state index is -2.02. The molecule has 2 N–H and O–H groups in total. The number of ketones is 2. The van der Waals surface area contributed by atoms with Gasteiger partial charge in [0.05, 0.1) is 6.10 Å². The van der Waals surface area contributed by atoms with Crippen LogP contribution in [0.3, 0.4) is 0 Å². The fraction of sp³-hybridized carbons (Fsp3) is 0.720. The van der Waals surface area contributed by atoms with Gasteiger partial charge >= 0.3 is 5.97 Å². The minimum Gasteiger partial charge on any atom is -0.450 e. The normalized spacial score (nSPS) is 47.2. The molecular formula is C25H33FO6. The lowest BCUT2D eigenvalue weighted by Crippen LogP contribution is -2.70.